The largest absolute Gasteiger partial charge is 0.466 e. The molecule has 7 heteroatoms. The van der Waals surface area contributed by atoms with Crippen molar-refractivity contribution in [3.8, 4) is 0 Å². The molecule has 0 aliphatic heterocycles. The van der Waals surface area contributed by atoms with Crippen molar-refractivity contribution in [3.63, 3.8) is 0 Å². The maximum Gasteiger partial charge on any atom is 0.307 e. The highest BCUT2D eigenvalue weighted by Gasteiger charge is 2.25. The van der Waals surface area contributed by atoms with E-state index in [1.54, 1.807) is 11.6 Å². The van der Waals surface area contributed by atoms with E-state index >= 15 is 0 Å². The first-order valence-electron chi connectivity index (χ1n) is 6.94. The fourth-order valence-corrected chi connectivity index (χ4v) is 2.69. The molecule has 0 bridgehead atoms. The van der Waals surface area contributed by atoms with E-state index in [0.29, 0.717) is 18.9 Å². The molecule has 7 nitrogen and oxygen atoms in total. The average Bonchev–Trinajstić information content (AvgIpc) is 2.89. The smallest absolute Gasteiger partial charge is 0.307 e. The van der Waals surface area contributed by atoms with Gasteiger partial charge in [0.25, 0.3) is 0 Å². The van der Waals surface area contributed by atoms with Crippen LogP contribution in [0.2, 0.25) is 0 Å². The van der Waals surface area contributed by atoms with Crippen LogP contribution in [0.15, 0.2) is 12.4 Å². The molecule has 0 atom stereocenters. The van der Waals surface area contributed by atoms with Crippen LogP contribution in [0.4, 0.5) is 5.69 Å². The van der Waals surface area contributed by atoms with Crippen LogP contribution < -0.4 is 0 Å². The number of aromatic nitrogens is 2. The van der Waals surface area contributed by atoms with Crippen LogP contribution >= 0.6 is 0 Å². The Hall–Kier alpha value is -1.92. The molecule has 1 aliphatic rings. The van der Waals surface area contributed by atoms with Crippen molar-refractivity contribution >= 4 is 11.7 Å². The van der Waals surface area contributed by atoms with Crippen LogP contribution in [0.3, 0.4) is 0 Å². The first kappa shape index (κ1) is 14.5. The van der Waals surface area contributed by atoms with Gasteiger partial charge in [-0.05, 0) is 38.5 Å². The molecule has 20 heavy (non-hydrogen) atoms. The third-order valence-corrected chi connectivity index (χ3v) is 3.75. The topological polar surface area (TPSA) is 87.3 Å². The van der Waals surface area contributed by atoms with E-state index in [9.17, 15) is 14.9 Å². The van der Waals surface area contributed by atoms with Crippen LogP contribution in [0, 0.1) is 16.0 Å². The molecule has 0 spiro atoms. The summed E-state index contributed by atoms with van der Waals surface area (Å²) < 4.78 is 6.63. The Kier molecular flexibility index (Phi) is 4.70. The van der Waals surface area contributed by atoms with Gasteiger partial charge in [0.2, 0.25) is 0 Å². The first-order chi connectivity index (χ1) is 9.60. The number of nitro groups is 1. The number of rotatable bonds is 5. The standard InChI is InChI=1S/C13H19N3O4/c1-2-20-13(17)7-10-3-5-11(6-4-10)15-9-12(8-14-15)16(18)19/h8-11H,2-7H2,1H3. The molecule has 0 unspecified atom stereocenters. The minimum absolute atomic E-state index is 0.0265. The molecule has 1 saturated carbocycles. The Bertz CT molecular complexity index is 478. The lowest BCUT2D eigenvalue weighted by molar-refractivity contribution is -0.385. The molecule has 1 heterocycles. The number of esters is 1. The zero-order chi connectivity index (χ0) is 14.5. The van der Waals surface area contributed by atoms with E-state index in [4.69, 9.17) is 4.74 Å². The summed E-state index contributed by atoms with van der Waals surface area (Å²) in [6, 6.07) is 0.196. The Morgan fingerprint density at radius 3 is 2.75 bits per heavy atom. The summed E-state index contributed by atoms with van der Waals surface area (Å²) in [5.74, 6) is 0.224. The number of hydrogen-bond donors (Lipinski definition) is 0. The van der Waals surface area contributed by atoms with Gasteiger partial charge >= 0.3 is 11.7 Å². The highest BCUT2D eigenvalue weighted by Crippen LogP contribution is 2.34. The number of carbonyl (C=O) groups is 1. The molecule has 110 valence electrons. The van der Waals surface area contributed by atoms with E-state index in [-0.39, 0.29) is 17.7 Å². The summed E-state index contributed by atoms with van der Waals surface area (Å²) in [5, 5.41) is 14.7. The van der Waals surface area contributed by atoms with Gasteiger partial charge in [-0.3, -0.25) is 19.6 Å². The van der Waals surface area contributed by atoms with Crippen molar-refractivity contribution in [2.75, 3.05) is 6.61 Å². The summed E-state index contributed by atoms with van der Waals surface area (Å²) in [4.78, 5) is 21.6. The summed E-state index contributed by atoms with van der Waals surface area (Å²) in [7, 11) is 0. The zero-order valence-corrected chi connectivity index (χ0v) is 11.5. The van der Waals surface area contributed by atoms with Crippen LogP contribution in [-0.2, 0) is 9.53 Å². The maximum absolute atomic E-state index is 11.4. The average molecular weight is 281 g/mol. The molecule has 1 aliphatic carbocycles. The third kappa shape index (κ3) is 3.55. The monoisotopic (exact) mass is 281 g/mol. The molecule has 1 fully saturated rings. The molecule has 0 amide bonds. The molecule has 0 radical (unpaired) electrons. The van der Waals surface area contributed by atoms with Crippen LogP contribution in [0.5, 0.6) is 0 Å². The van der Waals surface area contributed by atoms with E-state index in [2.05, 4.69) is 5.10 Å². The van der Waals surface area contributed by atoms with Gasteiger partial charge in [-0.15, -0.1) is 0 Å². The van der Waals surface area contributed by atoms with Gasteiger partial charge < -0.3 is 4.74 Å². The van der Waals surface area contributed by atoms with Crippen molar-refractivity contribution in [2.45, 2.75) is 45.1 Å². The van der Waals surface area contributed by atoms with E-state index in [1.807, 2.05) is 0 Å². The van der Waals surface area contributed by atoms with Crippen LogP contribution in [-0.4, -0.2) is 27.3 Å². The van der Waals surface area contributed by atoms with Crippen molar-refractivity contribution in [1.29, 1.82) is 0 Å². The second kappa shape index (κ2) is 6.49. The Morgan fingerprint density at radius 2 is 2.20 bits per heavy atom. The van der Waals surface area contributed by atoms with Crippen molar-refractivity contribution in [1.82, 2.24) is 9.78 Å². The Labute approximate surface area is 117 Å². The van der Waals surface area contributed by atoms with Gasteiger partial charge in [-0.25, -0.2) is 0 Å². The second-order valence-corrected chi connectivity index (χ2v) is 5.12. The highest BCUT2D eigenvalue weighted by molar-refractivity contribution is 5.69. The SMILES string of the molecule is CCOC(=O)CC1CCC(n2cc([N+](=O)[O-])cn2)CC1. The van der Waals surface area contributed by atoms with Gasteiger partial charge in [0.1, 0.15) is 12.4 Å². The summed E-state index contributed by atoms with van der Waals surface area (Å²) in [6.07, 6.45) is 6.88. The zero-order valence-electron chi connectivity index (χ0n) is 11.5. The van der Waals surface area contributed by atoms with Gasteiger partial charge in [0.05, 0.1) is 17.6 Å². The van der Waals surface area contributed by atoms with Gasteiger partial charge in [0, 0.05) is 6.42 Å². The molecule has 1 aromatic heterocycles. The Balaban J connectivity index is 1.84. The lowest BCUT2D eigenvalue weighted by atomic mass is 9.84. The number of hydrogen-bond acceptors (Lipinski definition) is 5. The molecule has 0 N–H and O–H groups in total. The molecule has 0 saturated heterocycles. The highest BCUT2D eigenvalue weighted by atomic mass is 16.6. The van der Waals surface area contributed by atoms with E-state index in [0.717, 1.165) is 25.7 Å². The Morgan fingerprint density at radius 1 is 1.50 bits per heavy atom. The maximum atomic E-state index is 11.4. The molecule has 1 aromatic rings. The number of ether oxygens (including phenoxy) is 1. The summed E-state index contributed by atoms with van der Waals surface area (Å²) >= 11 is 0. The molecule has 2 rings (SSSR count). The predicted molar refractivity (Wildman–Crippen MR) is 71.1 cm³/mol. The fraction of sp³-hybridized carbons (Fsp3) is 0.692. The predicted octanol–water partition coefficient (Wildman–Crippen LogP) is 2.48. The quantitative estimate of drug-likeness (QED) is 0.470. The minimum Gasteiger partial charge on any atom is -0.466 e. The van der Waals surface area contributed by atoms with Crippen molar-refractivity contribution in [3.05, 3.63) is 22.5 Å². The summed E-state index contributed by atoms with van der Waals surface area (Å²) in [6.45, 7) is 2.23. The first-order valence-corrected chi connectivity index (χ1v) is 6.94. The fourth-order valence-electron chi connectivity index (χ4n) is 2.69. The van der Waals surface area contributed by atoms with Crippen molar-refractivity contribution < 1.29 is 14.5 Å². The van der Waals surface area contributed by atoms with Crippen LogP contribution in [0.1, 0.15) is 45.1 Å². The molecule has 0 aromatic carbocycles. The number of nitrogens with zero attached hydrogens (tertiary/aromatic N) is 3. The van der Waals surface area contributed by atoms with Gasteiger partial charge in [-0.1, -0.05) is 0 Å². The van der Waals surface area contributed by atoms with Crippen molar-refractivity contribution in [2.24, 2.45) is 5.92 Å². The van der Waals surface area contributed by atoms with E-state index < -0.39 is 4.92 Å². The third-order valence-electron chi connectivity index (χ3n) is 3.75. The number of carbonyl (C=O) groups excluding carboxylic acids is 1. The normalized spacial score (nSPS) is 22.4. The van der Waals surface area contributed by atoms with Gasteiger partial charge in [0.15, 0.2) is 0 Å². The van der Waals surface area contributed by atoms with Gasteiger partial charge in [-0.2, -0.15) is 5.10 Å². The lowest BCUT2D eigenvalue weighted by Crippen LogP contribution is -2.21. The minimum atomic E-state index is -0.435. The van der Waals surface area contributed by atoms with E-state index in [1.165, 1.54) is 12.4 Å². The second-order valence-electron chi connectivity index (χ2n) is 5.12. The lowest BCUT2D eigenvalue weighted by Gasteiger charge is -2.27. The molecular weight excluding hydrogens is 262 g/mol. The molecular formula is C13H19N3O4. The summed E-state index contributed by atoms with van der Waals surface area (Å²) in [5.41, 5.74) is 0.0265. The van der Waals surface area contributed by atoms with Crippen LogP contribution in [0.25, 0.3) is 0 Å².